The SMILES string of the molecule is Cc1cccc(C)c1N(CCCc1ccncc1)C(=O)Cn1ccnc1. The highest BCUT2D eigenvalue weighted by atomic mass is 16.2. The molecule has 0 aliphatic heterocycles. The first-order valence-electron chi connectivity index (χ1n) is 8.86. The molecular formula is C21H24N4O. The third-order valence-electron chi connectivity index (χ3n) is 4.48. The van der Waals surface area contributed by atoms with E-state index >= 15 is 0 Å². The zero-order chi connectivity index (χ0) is 18.4. The molecule has 0 aliphatic rings. The van der Waals surface area contributed by atoms with Gasteiger partial charge in [0.1, 0.15) is 6.54 Å². The number of anilines is 1. The van der Waals surface area contributed by atoms with Gasteiger partial charge in [0, 0.05) is 37.0 Å². The average Bonchev–Trinajstić information content (AvgIpc) is 3.14. The fourth-order valence-electron chi connectivity index (χ4n) is 3.21. The highest BCUT2D eigenvalue weighted by Crippen LogP contribution is 2.25. The highest BCUT2D eigenvalue weighted by Gasteiger charge is 2.19. The number of aryl methyl sites for hydroxylation is 3. The summed E-state index contributed by atoms with van der Waals surface area (Å²) in [7, 11) is 0. The minimum absolute atomic E-state index is 0.0788. The summed E-state index contributed by atoms with van der Waals surface area (Å²) in [5.41, 5.74) is 4.50. The number of hydrogen-bond acceptors (Lipinski definition) is 3. The van der Waals surface area contributed by atoms with Gasteiger partial charge in [0.25, 0.3) is 0 Å². The minimum Gasteiger partial charge on any atom is -0.328 e. The van der Waals surface area contributed by atoms with Gasteiger partial charge in [0.05, 0.1) is 6.33 Å². The summed E-state index contributed by atoms with van der Waals surface area (Å²) in [6.07, 6.45) is 10.6. The molecule has 0 unspecified atom stereocenters. The third-order valence-corrected chi connectivity index (χ3v) is 4.48. The quantitative estimate of drug-likeness (QED) is 0.656. The first kappa shape index (κ1) is 17.9. The lowest BCUT2D eigenvalue weighted by atomic mass is 10.1. The lowest BCUT2D eigenvalue weighted by molar-refractivity contribution is -0.119. The number of nitrogens with zero attached hydrogens (tertiary/aromatic N) is 4. The van der Waals surface area contributed by atoms with Crippen molar-refractivity contribution in [1.82, 2.24) is 14.5 Å². The van der Waals surface area contributed by atoms with Crippen LogP contribution in [0.5, 0.6) is 0 Å². The predicted octanol–water partition coefficient (Wildman–Crippen LogP) is 3.56. The van der Waals surface area contributed by atoms with Crippen molar-refractivity contribution in [3.05, 3.63) is 78.1 Å². The van der Waals surface area contributed by atoms with E-state index in [1.807, 2.05) is 46.3 Å². The van der Waals surface area contributed by atoms with Crippen LogP contribution < -0.4 is 4.90 Å². The number of benzene rings is 1. The van der Waals surface area contributed by atoms with Crippen LogP contribution in [0.1, 0.15) is 23.1 Å². The van der Waals surface area contributed by atoms with Gasteiger partial charge in [0.2, 0.25) is 5.91 Å². The predicted molar refractivity (Wildman–Crippen MR) is 103 cm³/mol. The van der Waals surface area contributed by atoms with E-state index in [0.29, 0.717) is 13.1 Å². The van der Waals surface area contributed by atoms with Gasteiger partial charge in [-0.2, -0.15) is 0 Å². The Bertz CT molecular complexity index is 823. The van der Waals surface area contributed by atoms with E-state index < -0.39 is 0 Å². The standard InChI is InChI=1S/C21H24N4O/c1-17-5-3-6-18(2)21(17)25(20(26)15-24-14-12-23-16-24)13-4-7-19-8-10-22-11-9-19/h3,5-6,8-12,14,16H,4,7,13,15H2,1-2H3. The molecule has 2 aromatic heterocycles. The molecule has 0 radical (unpaired) electrons. The van der Waals surface area contributed by atoms with Crippen LogP contribution in [0.3, 0.4) is 0 Å². The number of carbonyl (C=O) groups is 1. The molecule has 3 aromatic rings. The minimum atomic E-state index is 0.0788. The summed E-state index contributed by atoms with van der Waals surface area (Å²) in [6, 6.07) is 10.2. The van der Waals surface area contributed by atoms with Crippen LogP contribution in [-0.2, 0) is 17.8 Å². The Hall–Kier alpha value is -2.95. The number of carbonyl (C=O) groups excluding carboxylic acids is 1. The van der Waals surface area contributed by atoms with Gasteiger partial charge in [0.15, 0.2) is 0 Å². The number of rotatable bonds is 7. The highest BCUT2D eigenvalue weighted by molar-refractivity contribution is 5.94. The second-order valence-corrected chi connectivity index (χ2v) is 6.48. The molecule has 5 nitrogen and oxygen atoms in total. The van der Waals surface area contributed by atoms with Gasteiger partial charge < -0.3 is 9.47 Å². The van der Waals surface area contributed by atoms with Gasteiger partial charge in [-0.3, -0.25) is 9.78 Å². The van der Waals surface area contributed by atoms with E-state index in [0.717, 1.165) is 29.7 Å². The van der Waals surface area contributed by atoms with Crippen LogP contribution in [0, 0.1) is 13.8 Å². The van der Waals surface area contributed by atoms with E-state index in [1.165, 1.54) is 5.56 Å². The molecule has 0 spiro atoms. The third kappa shape index (κ3) is 4.36. The molecular weight excluding hydrogens is 324 g/mol. The Morgan fingerprint density at radius 3 is 2.42 bits per heavy atom. The van der Waals surface area contributed by atoms with Crippen LogP contribution in [0.4, 0.5) is 5.69 Å². The number of aromatic nitrogens is 3. The van der Waals surface area contributed by atoms with Crippen molar-refractivity contribution >= 4 is 11.6 Å². The number of imidazole rings is 1. The van der Waals surface area contributed by atoms with Crippen LogP contribution in [0.2, 0.25) is 0 Å². The molecule has 1 aromatic carbocycles. The fourth-order valence-corrected chi connectivity index (χ4v) is 3.21. The van der Waals surface area contributed by atoms with Gasteiger partial charge in [-0.05, 0) is 55.5 Å². The first-order valence-corrected chi connectivity index (χ1v) is 8.86. The van der Waals surface area contributed by atoms with E-state index in [4.69, 9.17) is 0 Å². The smallest absolute Gasteiger partial charge is 0.246 e. The van der Waals surface area contributed by atoms with Crippen molar-refractivity contribution in [2.45, 2.75) is 33.2 Å². The van der Waals surface area contributed by atoms with E-state index in [2.05, 4.69) is 35.9 Å². The zero-order valence-electron chi connectivity index (χ0n) is 15.3. The monoisotopic (exact) mass is 348 g/mol. The van der Waals surface area contributed by atoms with Crippen molar-refractivity contribution in [1.29, 1.82) is 0 Å². The summed E-state index contributed by atoms with van der Waals surface area (Å²) >= 11 is 0. The average molecular weight is 348 g/mol. The van der Waals surface area contributed by atoms with Gasteiger partial charge in [-0.25, -0.2) is 4.98 Å². The number of amides is 1. The summed E-state index contributed by atoms with van der Waals surface area (Å²) in [5.74, 6) is 0.0788. The van der Waals surface area contributed by atoms with E-state index in [9.17, 15) is 4.79 Å². The Morgan fingerprint density at radius 1 is 1.04 bits per heavy atom. The summed E-state index contributed by atoms with van der Waals surface area (Å²) < 4.78 is 1.81. The number of hydrogen-bond donors (Lipinski definition) is 0. The fraction of sp³-hybridized carbons (Fsp3) is 0.286. The zero-order valence-corrected chi connectivity index (χ0v) is 15.3. The lowest BCUT2D eigenvalue weighted by Crippen LogP contribution is -2.35. The molecule has 0 saturated carbocycles. The number of pyridine rings is 1. The van der Waals surface area contributed by atoms with Gasteiger partial charge in [-0.15, -0.1) is 0 Å². The van der Waals surface area contributed by atoms with Crippen molar-refractivity contribution in [3.63, 3.8) is 0 Å². The number of para-hydroxylation sites is 1. The summed E-state index contributed by atoms with van der Waals surface area (Å²) in [6.45, 7) is 5.09. The Kier molecular flexibility index (Phi) is 5.79. The summed E-state index contributed by atoms with van der Waals surface area (Å²) in [4.78, 5) is 23.0. The van der Waals surface area contributed by atoms with Crippen molar-refractivity contribution in [2.75, 3.05) is 11.4 Å². The maximum atomic E-state index is 13.0. The van der Waals surface area contributed by atoms with Crippen LogP contribution in [0.25, 0.3) is 0 Å². The molecule has 0 saturated heterocycles. The maximum absolute atomic E-state index is 13.0. The molecule has 134 valence electrons. The molecule has 0 N–H and O–H groups in total. The van der Waals surface area contributed by atoms with Gasteiger partial charge >= 0.3 is 0 Å². The normalized spacial score (nSPS) is 10.7. The van der Waals surface area contributed by atoms with Crippen molar-refractivity contribution < 1.29 is 4.79 Å². The van der Waals surface area contributed by atoms with Crippen LogP contribution in [0.15, 0.2) is 61.4 Å². The van der Waals surface area contributed by atoms with Crippen molar-refractivity contribution in [3.8, 4) is 0 Å². The molecule has 0 bridgehead atoms. The van der Waals surface area contributed by atoms with E-state index in [1.54, 1.807) is 12.5 Å². The second kappa shape index (κ2) is 8.43. The Balaban J connectivity index is 1.78. The molecule has 26 heavy (non-hydrogen) atoms. The lowest BCUT2D eigenvalue weighted by Gasteiger charge is -2.26. The van der Waals surface area contributed by atoms with Crippen LogP contribution in [-0.4, -0.2) is 27.0 Å². The molecule has 0 atom stereocenters. The molecule has 0 aliphatic carbocycles. The Morgan fingerprint density at radius 2 is 1.77 bits per heavy atom. The maximum Gasteiger partial charge on any atom is 0.246 e. The largest absolute Gasteiger partial charge is 0.328 e. The summed E-state index contributed by atoms with van der Waals surface area (Å²) in [5, 5.41) is 0. The molecule has 0 fully saturated rings. The molecule has 3 rings (SSSR count). The van der Waals surface area contributed by atoms with Crippen molar-refractivity contribution in [2.24, 2.45) is 0 Å². The molecule has 1 amide bonds. The first-order chi connectivity index (χ1) is 12.6. The second-order valence-electron chi connectivity index (χ2n) is 6.48. The topological polar surface area (TPSA) is 51.0 Å². The van der Waals surface area contributed by atoms with E-state index in [-0.39, 0.29) is 5.91 Å². The van der Waals surface area contributed by atoms with Gasteiger partial charge in [-0.1, -0.05) is 18.2 Å². The van der Waals surface area contributed by atoms with Crippen LogP contribution >= 0.6 is 0 Å². The molecule has 2 heterocycles. The Labute approximate surface area is 154 Å². The molecule has 5 heteroatoms.